The normalized spacial score (nSPS) is 22.5. The van der Waals surface area contributed by atoms with Crippen LogP contribution in [0.25, 0.3) is 0 Å². The van der Waals surface area contributed by atoms with Gasteiger partial charge in [-0.3, -0.25) is 4.90 Å². The maximum atomic E-state index is 12.6. The first-order chi connectivity index (χ1) is 12.7. The Morgan fingerprint density at radius 1 is 1.00 bits per heavy atom. The van der Waals surface area contributed by atoms with E-state index in [9.17, 15) is 8.78 Å². The highest BCUT2D eigenvalue weighted by Gasteiger charge is 2.36. The van der Waals surface area contributed by atoms with Crippen LogP contribution in [0.15, 0.2) is 66.2 Å². The number of rotatable bonds is 6. The van der Waals surface area contributed by atoms with E-state index in [-0.39, 0.29) is 0 Å². The summed E-state index contributed by atoms with van der Waals surface area (Å²) in [5.74, 6) is 0.294. The molecule has 136 valence electrons. The molecule has 1 saturated heterocycles. The van der Waals surface area contributed by atoms with E-state index in [2.05, 4.69) is 40.0 Å². The highest BCUT2D eigenvalue weighted by molar-refractivity contribution is 5.37. The van der Waals surface area contributed by atoms with E-state index >= 15 is 0 Å². The number of fused-ring (bicyclic) bond motifs is 2. The summed E-state index contributed by atoms with van der Waals surface area (Å²) >= 11 is 0. The molecule has 2 aromatic carbocycles. The Balaban J connectivity index is 1.48. The van der Waals surface area contributed by atoms with Gasteiger partial charge in [0.2, 0.25) is 0 Å². The number of ether oxygens (including phenoxy) is 1. The van der Waals surface area contributed by atoms with Gasteiger partial charge in [-0.1, -0.05) is 60.2 Å². The Kier molecular flexibility index (Phi) is 5.02. The predicted molar refractivity (Wildman–Crippen MR) is 98.3 cm³/mol. The number of alkyl halides is 2. The first-order valence-electron chi connectivity index (χ1n) is 9.21. The van der Waals surface area contributed by atoms with Crippen molar-refractivity contribution < 1.29 is 13.5 Å². The van der Waals surface area contributed by atoms with Crippen LogP contribution in [0, 0.1) is 0 Å². The Bertz CT molecular complexity index is 775. The van der Waals surface area contributed by atoms with Crippen LogP contribution in [0.4, 0.5) is 8.78 Å². The van der Waals surface area contributed by atoms with Crippen LogP contribution in [-0.2, 0) is 13.0 Å². The first kappa shape index (κ1) is 17.2. The highest BCUT2D eigenvalue weighted by atomic mass is 19.3. The smallest absolute Gasteiger partial charge is 0.387 e. The molecule has 0 N–H and O–H groups in total. The van der Waals surface area contributed by atoms with Crippen LogP contribution in [0.2, 0.25) is 0 Å². The summed E-state index contributed by atoms with van der Waals surface area (Å²) in [6.45, 7) is -1.81. The number of para-hydroxylation sites is 1. The lowest BCUT2D eigenvalue weighted by molar-refractivity contribution is -0.0504. The molecular weight excluding hydrogens is 332 g/mol. The average Bonchev–Trinajstić information content (AvgIpc) is 2.86. The van der Waals surface area contributed by atoms with Crippen molar-refractivity contribution in [2.24, 2.45) is 0 Å². The first-order valence-corrected chi connectivity index (χ1v) is 9.21. The van der Waals surface area contributed by atoms with Crippen LogP contribution < -0.4 is 4.74 Å². The third-order valence-electron chi connectivity index (χ3n) is 5.43. The molecule has 0 radical (unpaired) electrons. The zero-order chi connectivity index (χ0) is 17.9. The van der Waals surface area contributed by atoms with Gasteiger partial charge >= 0.3 is 6.61 Å². The van der Waals surface area contributed by atoms with E-state index < -0.39 is 6.61 Å². The van der Waals surface area contributed by atoms with E-state index in [1.165, 1.54) is 24.0 Å². The van der Waals surface area contributed by atoms with E-state index in [0.717, 1.165) is 18.5 Å². The fraction of sp³-hybridized carbons (Fsp3) is 0.364. The molecule has 2 aliphatic rings. The minimum Gasteiger partial charge on any atom is -0.435 e. The lowest BCUT2D eigenvalue weighted by Crippen LogP contribution is -2.38. The van der Waals surface area contributed by atoms with Gasteiger partial charge < -0.3 is 4.74 Å². The second-order valence-corrected chi connectivity index (χ2v) is 7.15. The summed E-state index contributed by atoms with van der Waals surface area (Å²) in [6, 6.07) is 18.7. The highest BCUT2D eigenvalue weighted by Crippen LogP contribution is 2.37. The standard InChI is InChI=1S/C22H23F2NO/c23-22(24)26-21-9-5-4-8-18(21)12-17-13-19-10-11-20(14-17)25(19)15-16-6-2-1-3-7-16/h1-9,13,19-20,22H,10-12,14-15H2. The zero-order valence-corrected chi connectivity index (χ0v) is 14.7. The molecule has 2 heterocycles. The molecule has 1 fully saturated rings. The second-order valence-electron chi connectivity index (χ2n) is 7.15. The van der Waals surface area contributed by atoms with Crippen molar-refractivity contribution in [3.63, 3.8) is 0 Å². The molecule has 26 heavy (non-hydrogen) atoms. The van der Waals surface area contributed by atoms with Gasteiger partial charge in [-0.05, 0) is 42.9 Å². The topological polar surface area (TPSA) is 12.5 Å². The maximum Gasteiger partial charge on any atom is 0.387 e. The largest absolute Gasteiger partial charge is 0.435 e. The lowest BCUT2D eigenvalue weighted by atomic mass is 9.94. The minimum absolute atomic E-state index is 0.294. The van der Waals surface area contributed by atoms with E-state index in [0.29, 0.717) is 24.3 Å². The molecule has 0 saturated carbocycles. The summed E-state index contributed by atoms with van der Waals surface area (Å²) in [7, 11) is 0. The molecule has 2 unspecified atom stereocenters. The quantitative estimate of drug-likeness (QED) is 0.661. The molecule has 2 aromatic rings. The van der Waals surface area contributed by atoms with Gasteiger partial charge in [-0.2, -0.15) is 8.78 Å². The van der Waals surface area contributed by atoms with Gasteiger partial charge in [0.25, 0.3) is 0 Å². The van der Waals surface area contributed by atoms with Crippen molar-refractivity contribution in [2.75, 3.05) is 0 Å². The fourth-order valence-corrected chi connectivity index (χ4v) is 4.28. The van der Waals surface area contributed by atoms with Gasteiger partial charge in [0.1, 0.15) is 5.75 Å². The van der Waals surface area contributed by atoms with Crippen molar-refractivity contribution in [1.82, 2.24) is 4.90 Å². The molecule has 0 amide bonds. The molecule has 2 aliphatic heterocycles. The van der Waals surface area contributed by atoms with Crippen LogP contribution in [0.1, 0.15) is 30.4 Å². The monoisotopic (exact) mass is 355 g/mol. The molecule has 0 aliphatic carbocycles. The second kappa shape index (κ2) is 7.58. The van der Waals surface area contributed by atoms with Crippen LogP contribution >= 0.6 is 0 Å². The van der Waals surface area contributed by atoms with Gasteiger partial charge in [0.15, 0.2) is 0 Å². The summed E-state index contributed by atoms with van der Waals surface area (Å²) in [5, 5.41) is 0. The molecule has 0 spiro atoms. The lowest BCUT2D eigenvalue weighted by Gasteiger charge is -2.34. The molecular formula is C22H23F2NO. The average molecular weight is 355 g/mol. The number of hydrogen-bond acceptors (Lipinski definition) is 2. The van der Waals surface area contributed by atoms with Crippen LogP contribution in [0.3, 0.4) is 0 Å². The van der Waals surface area contributed by atoms with Gasteiger partial charge in [-0.15, -0.1) is 0 Å². The summed E-state index contributed by atoms with van der Waals surface area (Å²) in [5.41, 5.74) is 3.53. The summed E-state index contributed by atoms with van der Waals surface area (Å²) in [4.78, 5) is 2.58. The van der Waals surface area contributed by atoms with E-state index in [4.69, 9.17) is 0 Å². The fourth-order valence-electron chi connectivity index (χ4n) is 4.28. The van der Waals surface area contributed by atoms with Crippen molar-refractivity contribution in [3.05, 3.63) is 77.4 Å². The van der Waals surface area contributed by atoms with E-state index in [1.54, 1.807) is 12.1 Å². The SMILES string of the molecule is FC(F)Oc1ccccc1CC1=CC2CCC(C1)N2Cc1ccccc1. The van der Waals surface area contributed by atoms with Crippen LogP contribution in [-0.4, -0.2) is 23.6 Å². The molecule has 2 bridgehead atoms. The van der Waals surface area contributed by atoms with Crippen molar-refractivity contribution in [3.8, 4) is 5.75 Å². The van der Waals surface area contributed by atoms with Gasteiger partial charge in [-0.25, -0.2) is 0 Å². The summed E-state index contributed by atoms with van der Waals surface area (Å²) in [6.07, 6.45) is 6.43. The van der Waals surface area contributed by atoms with E-state index in [1.807, 2.05) is 18.2 Å². The third-order valence-corrected chi connectivity index (χ3v) is 5.43. The molecule has 2 nitrogen and oxygen atoms in total. The molecule has 0 aromatic heterocycles. The Morgan fingerprint density at radius 3 is 2.54 bits per heavy atom. The van der Waals surface area contributed by atoms with Crippen molar-refractivity contribution in [1.29, 1.82) is 0 Å². The number of nitrogens with zero attached hydrogens (tertiary/aromatic N) is 1. The zero-order valence-electron chi connectivity index (χ0n) is 14.7. The Labute approximate surface area is 153 Å². The number of hydrogen-bond donors (Lipinski definition) is 0. The van der Waals surface area contributed by atoms with Crippen molar-refractivity contribution in [2.45, 2.75) is 50.9 Å². The van der Waals surface area contributed by atoms with Gasteiger partial charge in [0, 0.05) is 18.6 Å². The Hall–Kier alpha value is -2.20. The van der Waals surface area contributed by atoms with Gasteiger partial charge in [0.05, 0.1) is 0 Å². The number of halogens is 2. The maximum absolute atomic E-state index is 12.6. The van der Waals surface area contributed by atoms with Crippen molar-refractivity contribution >= 4 is 0 Å². The number of benzene rings is 2. The summed E-state index contributed by atoms with van der Waals surface area (Å²) < 4.78 is 29.9. The molecule has 2 atom stereocenters. The minimum atomic E-state index is -2.78. The molecule has 4 heteroatoms. The Morgan fingerprint density at radius 2 is 1.77 bits per heavy atom. The molecule has 4 rings (SSSR count). The van der Waals surface area contributed by atoms with Crippen LogP contribution in [0.5, 0.6) is 5.75 Å². The third kappa shape index (κ3) is 3.80. The predicted octanol–water partition coefficient (Wildman–Crippen LogP) is 5.19.